The van der Waals surface area contributed by atoms with Crippen molar-refractivity contribution in [2.45, 2.75) is 31.7 Å². The van der Waals surface area contributed by atoms with E-state index in [0.29, 0.717) is 30.8 Å². The van der Waals surface area contributed by atoms with Crippen LogP contribution >= 0.6 is 0 Å². The molecule has 21 heavy (non-hydrogen) atoms. The topological polar surface area (TPSA) is 93.5 Å². The quantitative estimate of drug-likeness (QED) is 0.657. The zero-order valence-electron chi connectivity index (χ0n) is 11.6. The highest BCUT2D eigenvalue weighted by Gasteiger charge is 2.24. The Bertz CT molecular complexity index is 582. The molecule has 1 atom stereocenters. The van der Waals surface area contributed by atoms with E-state index in [9.17, 15) is 14.9 Å². The molecule has 7 nitrogen and oxygen atoms in total. The molecule has 0 aliphatic carbocycles. The Morgan fingerprint density at radius 2 is 2.24 bits per heavy atom. The molecule has 0 saturated carbocycles. The SMILES string of the molecule is O=C1CCc2cc(NC3CCCOC3)c([N+](=O)[O-])cc2N1. The van der Waals surface area contributed by atoms with E-state index in [4.69, 9.17) is 4.74 Å². The minimum atomic E-state index is -0.424. The fourth-order valence-electron chi connectivity index (χ4n) is 2.76. The number of nitro groups is 1. The van der Waals surface area contributed by atoms with Crippen LogP contribution in [0.1, 0.15) is 24.8 Å². The first-order valence-corrected chi connectivity index (χ1v) is 7.09. The largest absolute Gasteiger partial charge is 0.379 e. The molecular formula is C14H17N3O4. The molecule has 1 aromatic rings. The lowest BCUT2D eigenvalue weighted by Crippen LogP contribution is -2.30. The number of nitrogens with one attached hydrogen (secondary N) is 2. The second kappa shape index (κ2) is 5.69. The monoisotopic (exact) mass is 291 g/mol. The van der Waals surface area contributed by atoms with Gasteiger partial charge in [0.1, 0.15) is 5.69 Å². The normalized spacial score (nSPS) is 21.3. The molecule has 3 rings (SSSR count). The van der Waals surface area contributed by atoms with Gasteiger partial charge in [0.15, 0.2) is 0 Å². The summed E-state index contributed by atoms with van der Waals surface area (Å²) in [5.74, 6) is -0.0989. The third kappa shape index (κ3) is 2.97. The van der Waals surface area contributed by atoms with Crippen molar-refractivity contribution in [1.82, 2.24) is 0 Å². The van der Waals surface area contributed by atoms with Gasteiger partial charge in [0.25, 0.3) is 5.69 Å². The van der Waals surface area contributed by atoms with E-state index in [-0.39, 0.29) is 17.6 Å². The number of hydrogen-bond acceptors (Lipinski definition) is 5. The van der Waals surface area contributed by atoms with Crippen LogP contribution < -0.4 is 10.6 Å². The van der Waals surface area contributed by atoms with E-state index in [0.717, 1.165) is 25.0 Å². The van der Waals surface area contributed by atoms with Crippen molar-refractivity contribution in [3.8, 4) is 0 Å². The van der Waals surface area contributed by atoms with Crippen LogP contribution in [0.2, 0.25) is 0 Å². The molecule has 7 heteroatoms. The zero-order valence-corrected chi connectivity index (χ0v) is 11.6. The van der Waals surface area contributed by atoms with Crippen LogP contribution in [-0.4, -0.2) is 30.1 Å². The van der Waals surface area contributed by atoms with Gasteiger partial charge in [-0.1, -0.05) is 0 Å². The maximum Gasteiger partial charge on any atom is 0.294 e. The highest BCUT2D eigenvalue weighted by atomic mass is 16.6. The molecule has 1 amide bonds. The summed E-state index contributed by atoms with van der Waals surface area (Å²) >= 11 is 0. The van der Waals surface area contributed by atoms with Gasteiger partial charge in [-0.25, -0.2) is 0 Å². The van der Waals surface area contributed by atoms with Crippen molar-refractivity contribution in [2.75, 3.05) is 23.8 Å². The molecule has 2 aliphatic heterocycles. The molecule has 2 heterocycles. The summed E-state index contributed by atoms with van der Waals surface area (Å²) in [7, 11) is 0. The van der Waals surface area contributed by atoms with E-state index >= 15 is 0 Å². The molecule has 1 unspecified atom stereocenters. The summed E-state index contributed by atoms with van der Waals surface area (Å²) in [6.45, 7) is 1.31. The number of amides is 1. The minimum absolute atomic E-state index is 0.0125. The molecule has 0 aromatic heterocycles. The summed E-state index contributed by atoms with van der Waals surface area (Å²) in [5.41, 5.74) is 1.97. The number of carbonyl (C=O) groups excluding carboxylic acids is 1. The smallest absolute Gasteiger partial charge is 0.294 e. The highest BCUT2D eigenvalue weighted by molar-refractivity contribution is 5.95. The van der Waals surface area contributed by atoms with Gasteiger partial charge >= 0.3 is 0 Å². The Morgan fingerprint density at radius 3 is 2.95 bits per heavy atom. The van der Waals surface area contributed by atoms with Crippen LogP contribution in [0.3, 0.4) is 0 Å². The minimum Gasteiger partial charge on any atom is -0.379 e. The molecule has 112 valence electrons. The Labute approximate surface area is 121 Å². The molecule has 2 N–H and O–H groups in total. The number of carbonyl (C=O) groups is 1. The van der Waals surface area contributed by atoms with Gasteiger partial charge in [-0.3, -0.25) is 14.9 Å². The number of fused-ring (bicyclic) bond motifs is 1. The van der Waals surface area contributed by atoms with E-state index in [1.165, 1.54) is 6.07 Å². The first kappa shape index (κ1) is 13.8. The van der Waals surface area contributed by atoms with Gasteiger partial charge in [0, 0.05) is 25.1 Å². The lowest BCUT2D eigenvalue weighted by Gasteiger charge is -2.25. The van der Waals surface area contributed by atoms with Gasteiger partial charge in [0.05, 0.1) is 17.2 Å². The predicted molar refractivity (Wildman–Crippen MR) is 77.5 cm³/mol. The van der Waals surface area contributed by atoms with Crippen LogP contribution in [0, 0.1) is 10.1 Å². The lowest BCUT2D eigenvalue weighted by molar-refractivity contribution is -0.383. The van der Waals surface area contributed by atoms with Crippen molar-refractivity contribution in [3.63, 3.8) is 0 Å². The summed E-state index contributed by atoms with van der Waals surface area (Å²) in [6.07, 6.45) is 2.91. The molecule has 2 aliphatic rings. The Hall–Kier alpha value is -2.15. The average Bonchev–Trinajstić information content (AvgIpc) is 2.47. The first-order valence-electron chi connectivity index (χ1n) is 7.09. The number of aryl methyl sites for hydroxylation is 1. The average molecular weight is 291 g/mol. The number of anilines is 2. The second-order valence-corrected chi connectivity index (χ2v) is 5.39. The number of benzene rings is 1. The van der Waals surface area contributed by atoms with E-state index in [1.54, 1.807) is 6.07 Å². The van der Waals surface area contributed by atoms with Crippen molar-refractivity contribution in [2.24, 2.45) is 0 Å². The van der Waals surface area contributed by atoms with Gasteiger partial charge in [-0.2, -0.15) is 0 Å². The fourth-order valence-corrected chi connectivity index (χ4v) is 2.76. The van der Waals surface area contributed by atoms with Crippen LogP contribution in [-0.2, 0) is 16.0 Å². The zero-order chi connectivity index (χ0) is 14.8. The second-order valence-electron chi connectivity index (χ2n) is 5.39. The maximum absolute atomic E-state index is 11.4. The van der Waals surface area contributed by atoms with Gasteiger partial charge in [-0.05, 0) is 30.9 Å². The Kier molecular flexibility index (Phi) is 3.74. The fraction of sp³-hybridized carbons (Fsp3) is 0.500. The van der Waals surface area contributed by atoms with Crippen LogP contribution in [0.25, 0.3) is 0 Å². The van der Waals surface area contributed by atoms with Gasteiger partial charge in [-0.15, -0.1) is 0 Å². The van der Waals surface area contributed by atoms with Crippen molar-refractivity contribution in [1.29, 1.82) is 0 Å². The molecule has 0 spiro atoms. The molecular weight excluding hydrogens is 274 g/mol. The maximum atomic E-state index is 11.4. The van der Waals surface area contributed by atoms with Crippen LogP contribution in [0.4, 0.5) is 17.1 Å². The number of rotatable bonds is 3. The summed E-state index contributed by atoms with van der Waals surface area (Å²) in [4.78, 5) is 22.2. The number of ether oxygens (including phenoxy) is 1. The Balaban J connectivity index is 1.90. The molecule has 1 aromatic carbocycles. The molecule has 0 bridgehead atoms. The van der Waals surface area contributed by atoms with Gasteiger partial charge in [0.2, 0.25) is 5.91 Å². The first-order chi connectivity index (χ1) is 10.1. The predicted octanol–water partition coefficient (Wildman–Crippen LogP) is 2.07. The third-order valence-electron chi connectivity index (χ3n) is 3.83. The molecule has 0 radical (unpaired) electrons. The third-order valence-corrected chi connectivity index (χ3v) is 3.83. The number of nitrogens with zero attached hydrogens (tertiary/aromatic N) is 1. The van der Waals surface area contributed by atoms with E-state index < -0.39 is 4.92 Å². The highest BCUT2D eigenvalue weighted by Crippen LogP contribution is 2.34. The molecule has 1 fully saturated rings. The number of hydrogen-bond donors (Lipinski definition) is 2. The summed E-state index contributed by atoms with van der Waals surface area (Å²) in [5, 5.41) is 17.2. The van der Waals surface area contributed by atoms with Crippen molar-refractivity contribution < 1.29 is 14.5 Å². The van der Waals surface area contributed by atoms with Gasteiger partial charge < -0.3 is 15.4 Å². The number of nitro benzene ring substituents is 1. The lowest BCUT2D eigenvalue weighted by atomic mass is 10.0. The van der Waals surface area contributed by atoms with Crippen molar-refractivity contribution >= 4 is 23.0 Å². The summed E-state index contributed by atoms with van der Waals surface area (Å²) < 4.78 is 5.39. The van der Waals surface area contributed by atoms with Crippen LogP contribution in [0.5, 0.6) is 0 Å². The molecule has 1 saturated heterocycles. The standard InChI is InChI=1S/C14H17N3O4/c18-14-4-3-9-6-12(15-10-2-1-5-21-8-10)13(17(19)20)7-11(9)16-14/h6-7,10,15H,1-5,8H2,(H,16,18). The van der Waals surface area contributed by atoms with E-state index in [1.807, 2.05) is 0 Å². The van der Waals surface area contributed by atoms with Crippen molar-refractivity contribution in [3.05, 3.63) is 27.8 Å². The van der Waals surface area contributed by atoms with Crippen LogP contribution in [0.15, 0.2) is 12.1 Å². The summed E-state index contributed by atoms with van der Waals surface area (Å²) in [6, 6.07) is 3.31. The Morgan fingerprint density at radius 1 is 1.38 bits per heavy atom. The van der Waals surface area contributed by atoms with E-state index in [2.05, 4.69) is 10.6 Å².